The third-order valence-electron chi connectivity index (χ3n) is 3.69. The van der Waals surface area contributed by atoms with E-state index in [0.29, 0.717) is 24.0 Å². The third kappa shape index (κ3) is 5.49. The molecule has 0 saturated heterocycles. The van der Waals surface area contributed by atoms with Gasteiger partial charge in [0.1, 0.15) is 0 Å². The van der Waals surface area contributed by atoms with Gasteiger partial charge in [0.25, 0.3) is 0 Å². The van der Waals surface area contributed by atoms with Gasteiger partial charge < -0.3 is 25.3 Å². The summed E-state index contributed by atoms with van der Waals surface area (Å²) in [4.78, 5) is 4.35. The van der Waals surface area contributed by atoms with Crippen molar-refractivity contribution >= 4 is 5.96 Å². The van der Waals surface area contributed by atoms with Crippen LogP contribution in [0, 0.1) is 0 Å². The average Bonchev–Trinajstić information content (AvgIpc) is 2.60. The molecule has 0 radical (unpaired) electrons. The van der Waals surface area contributed by atoms with Crippen molar-refractivity contribution in [3.63, 3.8) is 0 Å². The van der Waals surface area contributed by atoms with Crippen molar-refractivity contribution in [2.75, 3.05) is 34.0 Å². The molecule has 0 atom stereocenters. The van der Waals surface area contributed by atoms with Gasteiger partial charge in [0, 0.05) is 6.54 Å². The number of guanidine groups is 1. The summed E-state index contributed by atoms with van der Waals surface area (Å²) < 4.78 is 15.8. The maximum atomic E-state index is 5.90. The van der Waals surface area contributed by atoms with Gasteiger partial charge in [-0.05, 0) is 30.5 Å². The van der Waals surface area contributed by atoms with E-state index in [9.17, 15) is 0 Å². The number of nitrogens with two attached hydrogens (primary N) is 1. The van der Waals surface area contributed by atoms with Crippen LogP contribution in [-0.2, 0) is 11.3 Å². The molecule has 126 valence electrons. The van der Waals surface area contributed by atoms with E-state index < -0.39 is 0 Å². The van der Waals surface area contributed by atoms with E-state index in [0.717, 1.165) is 38.2 Å². The normalized spacial score (nSPS) is 15.0. The van der Waals surface area contributed by atoms with E-state index >= 15 is 0 Å². The first-order valence-corrected chi connectivity index (χ1v) is 7.73. The van der Waals surface area contributed by atoms with Crippen LogP contribution in [0.15, 0.2) is 34.8 Å². The monoisotopic (exact) mass is 319 g/mol. The molecule has 0 amide bonds. The standard InChI is InChI=1S/C17H25N3O3/c1-21-15-4-3-14(11-16(15)22-2)12-20-17(18)19-8-5-13-6-9-23-10-7-13/h3-4,6,11H,5,7-10,12H2,1-2H3,(H3,18,19,20). The Kier molecular flexibility index (Phi) is 6.75. The topological polar surface area (TPSA) is 78.1 Å². The lowest BCUT2D eigenvalue weighted by atomic mass is 10.1. The highest BCUT2D eigenvalue weighted by Gasteiger charge is 2.05. The molecule has 6 nitrogen and oxygen atoms in total. The number of hydrogen-bond donors (Lipinski definition) is 2. The van der Waals surface area contributed by atoms with Gasteiger partial charge in [0.2, 0.25) is 0 Å². The Bertz CT molecular complexity index is 570. The largest absolute Gasteiger partial charge is 0.493 e. The number of benzene rings is 1. The first-order chi connectivity index (χ1) is 11.2. The molecule has 1 aromatic rings. The molecule has 0 fully saturated rings. The highest BCUT2D eigenvalue weighted by molar-refractivity contribution is 5.77. The van der Waals surface area contributed by atoms with Crippen molar-refractivity contribution in [1.29, 1.82) is 0 Å². The molecule has 0 aliphatic carbocycles. The van der Waals surface area contributed by atoms with Crippen molar-refractivity contribution in [3.8, 4) is 11.5 Å². The third-order valence-corrected chi connectivity index (χ3v) is 3.69. The Labute approximate surface area is 137 Å². The summed E-state index contributed by atoms with van der Waals surface area (Å²) in [5.41, 5.74) is 8.33. The lowest BCUT2D eigenvalue weighted by Gasteiger charge is -2.14. The van der Waals surface area contributed by atoms with E-state index in [1.807, 2.05) is 18.2 Å². The highest BCUT2D eigenvalue weighted by atomic mass is 16.5. The lowest BCUT2D eigenvalue weighted by molar-refractivity contribution is 0.153. The van der Waals surface area contributed by atoms with Crippen molar-refractivity contribution in [2.45, 2.75) is 19.4 Å². The molecule has 0 bridgehead atoms. The first kappa shape index (κ1) is 17.1. The molecule has 23 heavy (non-hydrogen) atoms. The van der Waals surface area contributed by atoms with Gasteiger partial charge in [-0.2, -0.15) is 0 Å². The van der Waals surface area contributed by atoms with Crippen molar-refractivity contribution in [2.24, 2.45) is 10.7 Å². The minimum Gasteiger partial charge on any atom is -0.493 e. The quantitative estimate of drug-likeness (QED) is 0.455. The molecule has 0 saturated carbocycles. The summed E-state index contributed by atoms with van der Waals surface area (Å²) in [5, 5.41) is 3.14. The SMILES string of the molecule is COc1ccc(CN=C(N)NCCC2=CCOCC2)cc1OC. The van der Waals surface area contributed by atoms with Crippen LogP contribution in [0.5, 0.6) is 11.5 Å². The van der Waals surface area contributed by atoms with Gasteiger partial charge in [-0.3, -0.25) is 0 Å². The molecule has 1 aliphatic rings. The predicted octanol–water partition coefficient (Wildman–Crippen LogP) is 1.84. The zero-order valence-electron chi connectivity index (χ0n) is 13.8. The second-order valence-corrected chi connectivity index (χ2v) is 5.25. The summed E-state index contributed by atoms with van der Waals surface area (Å²) in [6.45, 7) is 2.82. The van der Waals surface area contributed by atoms with E-state index in [1.54, 1.807) is 14.2 Å². The molecule has 3 N–H and O–H groups in total. The summed E-state index contributed by atoms with van der Waals surface area (Å²) in [5.74, 6) is 1.85. The number of rotatable bonds is 7. The Balaban J connectivity index is 1.80. The summed E-state index contributed by atoms with van der Waals surface area (Å²) in [6, 6.07) is 5.72. The second-order valence-electron chi connectivity index (χ2n) is 5.25. The Hall–Kier alpha value is -2.21. The first-order valence-electron chi connectivity index (χ1n) is 7.73. The van der Waals surface area contributed by atoms with Crippen LogP contribution in [0.4, 0.5) is 0 Å². The van der Waals surface area contributed by atoms with Gasteiger partial charge in [0.05, 0.1) is 34.0 Å². The van der Waals surface area contributed by atoms with Crippen LogP contribution in [-0.4, -0.2) is 39.9 Å². The summed E-state index contributed by atoms with van der Waals surface area (Å²) >= 11 is 0. The number of aliphatic imine (C=N–C) groups is 1. The van der Waals surface area contributed by atoms with Gasteiger partial charge in [-0.1, -0.05) is 17.7 Å². The minimum absolute atomic E-state index is 0.451. The zero-order chi connectivity index (χ0) is 16.5. The number of ether oxygens (including phenoxy) is 3. The predicted molar refractivity (Wildman–Crippen MR) is 91.0 cm³/mol. The molecule has 1 aromatic carbocycles. The molecule has 0 unspecified atom stereocenters. The average molecular weight is 319 g/mol. The van der Waals surface area contributed by atoms with E-state index in [2.05, 4.69) is 16.4 Å². The van der Waals surface area contributed by atoms with Gasteiger partial charge in [-0.15, -0.1) is 0 Å². The Morgan fingerprint density at radius 2 is 2.13 bits per heavy atom. The van der Waals surface area contributed by atoms with E-state index in [4.69, 9.17) is 19.9 Å². The maximum absolute atomic E-state index is 5.90. The Morgan fingerprint density at radius 1 is 1.30 bits per heavy atom. The minimum atomic E-state index is 0.451. The molecule has 2 rings (SSSR count). The second kappa shape index (κ2) is 9.05. The van der Waals surface area contributed by atoms with Gasteiger partial charge in [0.15, 0.2) is 17.5 Å². The van der Waals surface area contributed by atoms with Crippen molar-refractivity contribution in [3.05, 3.63) is 35.4 Å². The highest BCUT2D eigenvalue weighted by Crippen LogP contribution is 2.27. The van der Waals surface area contributed by atoms with Crippen molar-refractivity contribution in [1.82, 2.24) is 5.32 Å². The fraction of sp³-hybridized carbons (Fsp3) is 0.471. The van der Waals surface area contributed by atoms with Gasteiger partial charge >= 0.3 is 0 Å². The van der Waals surface area contributed by atoms with Crippen LogP contribution in [0.2, 0.25) is 0 Å². The van der Waals surface area contributed by atoms with Crippen molar-refractivity contribution < 1.29 is 14.2 Å². The molecular formula is C17H25N3O3. The number of methoxy groups -OCH3 is 2. The summed E-state index contributed by atoms with van der Waals surface area (Å²) in [6.07, 6.45) is 4.11. The van der Waals surface area contributed by atoms with Crippen LogP contribution >= 0.6 is 0 Å². The van der Waals surface area contributed by atoms with E-state index in [1.165, 1.54) is 5.57 Å². The van der Waals surface area contributed by atoms with Crippen LogP contribution in [0.3, 0.4) is 0 Å². The number of nitrogens with one attached hydrogen (secondary N) is 1. The smallest absolute Gasteiger partial charge is 0.188 e. The zero-order valence-corrected chi connectivity index (χ0v) is 13.8. The molecule has 1 heterocycles. The fourth-order valence-electron chi connectivity index (χ4n) is 2.35. The lowest BCUT2D eigenvalue weighted by Crippen LogP contribution is -2.32. The Morgan fingerprint density at radius 3 is 2.83 bits per heavy atom. The molecule has 1 aliphatic heterocycles. The van der Waals surface area contributed by atoms with Crippen LogP contribution < -0.4 is 20.5 Å². The maximum Gasteiger partial charge on any atom is 0.188 e. The molecule has 6 heteroatoms. The van der Waals surface area contributed by atoms with E-state index in [-0.39, 0.29) is 0 Å². The van der Waals surface area contributed by atoms with Gasteiger partial charge in [-0.25, -0.2) is 4.99 Å². The molecule has 0 aromatic heterocycles. The van der Waals surface area contributed by atoms with Crippen LogP contribution in [0.1, 0.15) is 18.4 Å². The summed E-state index contributed by atoms with van der Waals surface area (Å²) in [7, 11) is 3.23. The fourth-order valence-corrected chi connectivity index (χ4v) is 2.35. The van der Waals surface area contributed by atoms with Crippen LogP contribution in [0.25, 0.3) is 0 Å². The number of nitrogens with zero attached hydrogens (tertiary/aromatic N) is 1. The molecular weight excluding hydrogens is 294 g/mol. The molecule has 0 spiro atoms. The number of hydrogen-bond acceptors (Lipinski definition) is 4.